The predicted octanol–water partition coefficient (Wildman–Crippen LogP) is 4.78. The molecule has 2 amide bonds. The number of anilines is 1. The van der Waals surface area contributed by atoms with Crippen molar-refractivity contribution in [1.29, 1.82) is 0 Å². The summed E-state index contributed by atoms with van der Waals surface area (Å²) in [5.74, 6) is -0.322. The second-order valence-corrected chi connectivity index (χ2v) is 11.1. The van der Waals surface area contributed by atoms with Crippen LogP contribution < -0.4 is 10.2 Å². The van der Waals surface area contributed by atoms with Crippen molar-refractivity contribution < 1.29 is 9.59 Å². The second kappa shape index (κ2) is 11.8. The third kappa shape index (κ3) is 5.88. The quantitative estimate of drug-likeness (QED) is 0.337. The summed E-state index contributed by atoms with van der Waals surface area (Å²) in [7, 11) is 3.97. The Labute approximate surface area is 227 Å². The lowest BCUT2D eigenvalue weighted by Crippen LogP contribution is -2.47. The van der Waals surface area contributed by atoms with E-state index in [-0.39, 0.29) is 24.4 Å². The van der Waals surface area contributed by atoms with Gasteiger partial charge in [0.05, 0.1) is 12.1 Å². The fraction of sp³-hybridized carbons (Fsp3) is 0.379. The van der Waals surface area contributed by atoms with Crippen molar-refractivity contribution in [2.24, 2.45) is 0 Å². The molecule has 1 aliphatic carbocycles. The second-order valence-electron chi connectivity index (χ2n) is 10.1. The molecule has 0 saturated heterocycles. The number of hydrogen-bond donors (Lipinski definition) is 1. The molecule has 1 N–H and O–H groups in total. The summed E-state index contributed by atoms with van der Waals surface area (Å²) in [6, 6.07) is 18.8. The zero-order valence-electron chi connectivity index (χ0n) is 21.9. The van der Waals surface area contributed by atoms with Crippen molar-refractivity contribution in [3.63, 3.8) is 0 Å². The van der Waals surface area contributed by atoms with Crippen molar-refractivity contribution >= 4 is 39.9 Å². The molecule has 0 aliphatic heterocycles. The number of thiophene rings is 1. The van der Waals surface area contributed by atoms with E-state index in [1.807, 2.05) is 85.0 Å². The molecule has 2 aromatic carbocycles. The smallest absolute Gasteiger partial charge is 0.247 e. The lowest BCUT2D eigenvalue weighted by Gasteiger charge is -2.33. The Bertz CT molecular complexity index is 1360. The SMILES string of the molecule is CN(C)c1ccc([C@@H](C(=O)NC2CCCCC2)N(Cc2cccs2)C(=O)Cn2nnc3ccccc32)cc1. The Morgan fingerprint density at radius 3 is 2.50 bits per heavy atom. The first-order valence-corrected chi connectivity index (χ1v) is 14.1. The molecule has 38 heavy (non-hydrogen) atoms. The number of nitrogens with zero attached hydrogens (tertiary/aromatic N) is 5. The number of nitrogens with one attached hydrogen (secondary N) is 1. The summed E-state index contributed by atoms with van der Waals surface area (Å²) in [6.45, 7) is 0.330. The number of benzene rings is 2. The van der Waals surface area contributed by atoms with Crippen LogP contribution in [0.15, 0.2) is 66.0 Å². The van der Waals surface area contributed by atoms with Crippen LogP contribution in [0.25, 0.3) is 11.0 Å². The van der Waals surface area contributed by atoms with E-state index in [4.69, 9.17) is 0 Å². The van der Waals surface area contributed by atoms with E-state index in [1.165, 1.54) is 6.42 Å². The first-order valence-electron chi connectivity index (χ1n) is 13.2. The topological polar surface area (TPSA) is 83.4 Å². The van der Waals surface area contributed by atoms with Crippen LogP contribution in [-0.4, -0.2) is 51.8 Å². The maximum absolute atomic E-state index is 14.0. The fourth-order valence-electron chi connectivity index (χ4n) is 5.10. The summed E-state index contributed by atoms with van der Waals surface area (Å²) < 4.78 is 1.62. The molecule has 5 rings (SSSR count). The number of carbonyl (C=O) groups is 2. The van der Waals surface area contributed by atoms with Crippen LogP contribution in [0, 0.1) is 0 Å². The Hall–Kier alpha value is -3.72. The molecule has 1 saturated carbocycles. The Balaban J connectivity index is 1.50. The average molecular weight is 531 g/mol. The zero-order chi connectivity index (χ0) is 26.5. The number of hydrogen-bond acceptors (Lipinski definition) is 6. The molecule has 0 unspecified atom stereocenters. The van der Waals surface area contributed by atoms with Gasteiger partial charge in [-0.15, -0.1) is 16.4 Å². The Kier molecular flexibility index (Phi) is 8.03. The van der Waals surface area contributed by atoms with E-state index in [0.29, 0.717) is 6.54 Å². The van der Waals surface area contributed by atoms with Gasteiger partial charge in [0.15, 0.2) is 0 Å². The molecular formula is C29H34N6O2S. The molecule has 8 nitrogen and oxygen atoms in total. The van der Waals surface area contributed by atoms with Gasteiger partial charge in [0.2, 0.25) is 11.8 Å². The molecule has 4 aromatic rings. The van der Waals surface area contributed by atoms with Crippen molar-refractivity contribution in [3.05, 3.63) is 76.5 Å². The van der Waals surface area contributed by atoms with E-state index < -0.39 is 6.04 Å². The van der Waals surface area contributed by atoms with Crippen molar-refractivity contribution in [1.82, 2.24) is 25.2 Å². The molecule has 0 bridgehead atoms. The lowest BCUT2D eigenvalue weighted by molar-refractivity contribution is -0.142. The fourth-order valence-corrected chi connectivity index (χ4v) is 5.80. The minimum absolute atomic E-state index is 0.00508. The highest BCUT2D eigenvalue weighted by Gasteiger charge is 2.33. The van der Waals surface area contributed by atoms with Crippen LogP contribution in [0.5, 0.6) is 0 Å². The summed E-state index contributed by atoms with van der Waals surface area (Å²) in [6.07, 6.45) is 5.38. The third-order valence-corrected chi connectivity index (χ3v) is 8.03. The van der Waals surface area contributed by atoms with Gasteiger partial charge in [-0.1, -0.05) is 54.8 Å². The van der Waals surface area contributed by atoms with Crippen LogP contribution in [0.4, 0.5) is 5.69 Å². The maximum Gasteiger partial charge on any atom is 0.247 e. The summed E-state index contributed by atoms with van der Waals surface area (Å²) >= 11 is 1.58. The number of amides is 2. The molecular weight excluding hydrogens is 496 g/mol. The van der Waals surface area contributed by atoms with Crippen LogP contribution in [0.3, 0.4) is 0 Å². The third-order valence-electron chi connectivity index (χ3n) is 7.17. The summed E-state index contributed by atoms with van der Waals surface area (Å²) in [5, 5.41) is 13.7. The van der Waals surface area contributed by atoms with Gasteiger partial charge in [-0.2, -0.15) is 0 Å². The van der Waals surface area contributed by atoms with Gasteiger partial charge in [-0.3, -0.25) is 9.59 Å². The number of rotatable bonds is 9. The number of aromatic nitrogens is 3. The molecule has 1 aliphatic rings. The predicted molar refractivity (Wildman–Crippen MR) is 151 cm³/mol. The van der Waals surface area contributed by atoms with Gasteiger partial charge in [0, 0.05) is 30.7 Å². The van der Waals surface area contributed by atoms with Gasteiger partial charge in [-0.05, 0) is 54.1 Å². The van der Waals surface area contributed by atoms with Gasteiger partial charge in [0.1, 0.15) is 18.1 Å². The van der Waals surface area contributed by atoms with Gasteiger partial charge in [-0.25, -0.2) is 4.68 Å². The van der Waals surface area contributed by atoms with Crippen molar-refractivity contribution in [3.8, 4) is 0 Å². The Morgan fingerprint density at radius 2 is 1.79 bits per heavy atom. The summed E-state index contributed by atoms with van der Waals surface area (Å²) in [4.78, 5) is 32.7. The van der Waals surface area contributed by atoms with Gasteiger partial charge >= 0.3 is 0 Å². The minimum Gasteiger partial charge on any atom is -0.378 e. The monoisotopic (exact) mass is 530 g/mol. The molecule has 2 heterocycles. The number of fused-ring (bicyclic) bond motifs is 1. The molecule has 0 radical (unpaired) electrons. The van der Waals surface area contributed by atoms with Gasteiger partial charge < -0.3 is 15.1 Å². The maximum atomic E-state index is 14.0. The number of carbonyl (C=O) groups excluding carboxylic acids is 2. The Morgan fingerprint density at radius 1 is 1.03 bits per heavy atom. The molecule has 1 atom stereocenters. The minimum atomic E-state index is -0.766. The van der Waals surface area contributed by atoms with Crippen LogP contribution in [0.1, 0.15) is 48.6 Å². The van der Waals surface area contributed by atoms with E-state index in [2.05, 4.69) is 15.6 Å². The average Bonchev–Trinajstić information content (AvgIpc) is 3.59. The van der Waals surface area contributed by atoms with Crippen LogP contribution in [0.2, 0.25) is 0 Å². The first-order chi connectivity index (χ1) is 18.5. The molecule has 198 valence electrons. The highest BCUT2D eigenvalue weighted by molar-refractivity contribution is 7.09. The largest absolute Gasteiger partial charge is 0.378 e. The van der Waals surface area contributed by atoms with E-state index in [0.717, 1.165) is 52.8 Å². The molecule has 0 spiro atoms. The summed E-state index contributed by atoms with van der Waals surface area (Å²) in [5.41, 5.74) is 3.34. The molecule has 1 fully saturated rings. The van der Waals surface area contributed by atoms with Crippen molar-refractivity contribution in [2.75, 3.05) is 19.0 Å². The van der Waals surface area contributed by atoms with Gasteiger partial charge in [0.25, 0.3) is 0 Å². The van der Waals surface area contributed by atoms with Crippen molar-refractivity contribution in [2.45, 2.75) is 57.3 Å². The zero-order valence-corrected chi connectivity index (χ0v) is 22.7. The normalized spacial score (nSPS) is 14.8. The highest BCUT2D eigenvalue weighted by Crippen LogP contribution is 2.29. The lowest BCUT2D eigenvalue weighted by atomic mass is 9.94. The van der Waals surface area contributed by atoms with E-state index in [9.17, 15) is 9.59 Å². The first kappa shape index (κ1) is 25.9. The number of para-hydroxylation sites is 1. The molecule has 9 heteroatoms. The standard InChI is InChI=1S/C29H34N6O2S/c1-33(2)23-16-14-21(15-17-23)28(29(37)30-22-9-4-3-5-10-22)34(19-24-11-8-18-38-24)27(36)20-35-26-13-7-6-12-25(26)31-32-35/h6-8,11-18,22,28H,3-5,9-10,19-20H2,1-2H3,(H,30,37)/t28-/m0/s1. The van der Waals surface area contributed by atoms with Crippen LogP contribution >= 0.6 is 11.3 Å². The van der Waals surface area contributed by atoms with Crippen LogP contribution in [-0.2, 0) is 22.7 Å². The van der Waals surface area contributed by atoms with E-state index >= 15 is 0 Å². The van der Waals surface area contributed by atoms with E-state index in [1.54, 1.807) is 20.9 Å². The molecule has 2 aromatic heterocycles. The highest BCUT2D eigenvalue weighted by atomic mass is 32.1.